The fraction of sp³-hybridized carbons (Fsp3) is 0.423. The summed E-state index contributed by atoms with van der Waals surface area (Å²) in [6, 6.07) is 12.2. The molecule has 1 aromatic carbocycles. The third-order valence-corrected chi connectivity index (χ3v) is 8.29. The maximum absolute atomic E-state index is 13.2. The zero-order chi connectivity index (χ0) is 24.8. The molecule has 1 unspecified atom stereocenters. The van der Waals surface area contributed by atoms with E-state index in [2.05, 4.69) is 29.2 Å². The van der Waals surface area contributed by atoms with Gasteiger partial charge in [-0.25, -0.2) is 0 Å². The predicted octanol–water partition coefficient (Wildman–Crippen LogP) is 5.00. The number of hydrogen-bond acceptors (Lipinski definition) is 7. The van der Waals surface area contributed by atoms with Crippen LogP contribution in [0.3, 0.4) is 0 Å². The number of ether oxygens (including phenoxy) is 1. The monoisotopic (exact) mass is 529 g/mol. The number of amides is 2. The molecule has 2 aromatic rings. The second-order valence-corrected chi connectivity index (χ2v) is 11.6. The van der Waals surface area contributed by atoms with E-state index in [9.17, 15) is 9.59 Å². The van der Waals surface area contributed by atoms with E-state index in [0.717, 1.165) is 35.6 Å². The average Bonchev–Trinajstić information content (AvgIpc) is 3.59. The highest BCUT2D eigenvalue weighted by molar-refractivity contribution is 8.26. The molecule has 0 radical (unpaired) electrons. The summed E-state index contributed by atoms with van der Waals surface area (Å²) >= 11 is 8.37. The third-order valence-electron chi connectivity index (χ3n) is 6.09. The minimum atomic E-state index is -0.0713. The Morgan fingerprint density at radius 3 is 2.71 bits per heavy atom. The van der Waals surface area contributed by atoms with Gasteiger partial charge in [0.2, 0.25) is 5.91 Å². The highest BCUT2D eigenvalue weighted by atomic mass is 32.2. The summed E-state index contributed by atoms with van der Waals surface area (Å²) < 4.78 is 6.37. The van der Waals surface area contributed by atoms with Gasteiger partial charge in [0.15, 0.2) is 0 Å². The number of carbonyl (C=O) groups excluding carboxylic acids is 2. The van der Waals surface area contributed by atoms with Crippen molar-refractivity contribution in [1.29, 1.82) is 0 Å². The second kappa shape index (κ2) is 12.2. The summed E-state index contributed by atoms with van der Waals surface area (Å²) in [7, 11) is 4.02. The van der Waals surface area contributed by atoms with Gasteiger partial charge in [0.05, 0.1) is 11.0 Å². The van der Waals surface area contributed by atoms with Crippen molar-refractivity contribution in [2.45, 2.75) is 38.3 Å². The number of rotatable bonds is 10. The van der Waals surface area contributed by atoms with Crippen LogP contribution in [0.4, 0.5) is 5.69 Å². The Hall–Kier alpha value is -2.20. The van der Waals surface area contributed by atoms with Crippen molar-refractivity contribution in [3.63, 3.8) is 0 Å². The van der Waals surface area contributed by atoms with Crippen molar-refractivity contribution in [1.82, 2.24) is 9.80 Å². The van der Waals surface area contributed by atoms with E-state index in [1.807, 2.05) is 42.6 Å². The Kier molecular flexibility index (Phi) is 8.99. The van der Waals surface area contributed by atoms with Crippen LogP contribution >= 0.6 is 35.3 Å². The molecule has 2 aliphatic heterocycles. The van der Waals surface area contributed by atoms with E-state index in [1.165, 1.54) is 11.8 Å². The Morgan fingerprint density at radius 2 is 2.06 bits per heavy atom. The Balaban J connectivity index is 1.34. The zero-order valence-corrected chi connectivity index (χ0v) is 22.6. The molecule has 0 spiro atoms. The molecule has 0 N–H and O–H groups in total. The maximum Gasteiger partial charge on any atom is 0.266 e. The van der Waals surface area contributed by atoms with E-state index in [1.54, 1.807) is 16.2 Å². The molecule has 2 saturated heterocycles. The second-order valence-electron chi connectivity index (χ2n) is 8.92. The van der Waals surface area contributed by atoms with Gasteiger partial charge in [0.1, 0.15) is 4.32 Å². The van der Waals surface area contributed by atoms with Crippen LogP contribution in [0, 0.1) is 0 Å². The number of carbonyl (C=O) groups is 2. The largest absolute Gasteiger partial charge is 0.378 e. The molecule has 0 saturated carbocycles. The molecule has 2 fully saturated rings. The fourth-order valence-electron chi connectivity index (χ4n) is 4.15. The van der Waals surface area contributed by atoms with Crippen molar-refractivity contribution < 1.29 is 14.3 Å². The summed E-state index contributed by atoms with van der Waals surface area (Å²) in [6.07, 6.45) is 4.94. The van der Waals surface area contributed by atoms with Gasteiger partial charge in [-0.3, -0.25) is 14.5 Å². The summed E-state index contributed by atoms with van der Waals surface area (Å²) in [4.78, 5) is 33.3. The van der Waals surface area contributed by atoms with Crippen LogP contribution in [0.2, 0.25) is 0 Å². The topological polar surface area (TPSA) is 53.1 Å². The molecule has 1 aromatic heterocycles. The minimum Gasteiger partial charge on any atom is -0.378 e. The number of benzene rings is 1. The van der Waals surface area contributed by atoms with Crippen LogP contribution in [0.25, 0.3) is 6.08 Å². The number of hydrogen-bond donors (Lipinski definition) is 0. The predicted molar refractivity (Wildman–Crippen MR) is 149 cm³/mol. The van der Waals surface area contributed by atoms with E-state index in [0.29, 0.717) is 41.7 Å². The van der Waals surface area contributed by atoms with Crippen LogP contribution in [-0.2, 0) is 20.9 Å². The summed E-state index contributed by atoms with van der Waals surface area (Å²) in [6.45, 7) is 2.36. The molecule has 3 heterocycles. The highest BCUT2D eigenvalue weighted by Gasteiger charge is 2.32. The first-order chi connectivity index (χ1) is 16.9. The summed E-state index contributed by atoms with van der Waals surface area (Å²) in [5.74, 6) is 0.00907. The van der Waals surface area contributed by atoms with E-state index in [4.69, 9.17) is 17.0 Å². The van der Waals surface area contributed by atoms with Gasteiger partial charge >= 0.3 is 0 Å². The lowest BCUT2D eigenvalue weighted by atomic mass is 10.1. The van der Waals surface area contributed by atoms with Crippen LogP contribution in [-0.4, -0.2) is 65.8 Å². The SMILES string of the molecule is CN(C)c1ccc(CN(CC2CCCO2)C(=O)CCCN2C(=O)/C(=C/c3cccs3)SC2=S)cc1. The molecular formula is C26H31N3O3S3. The van der Waals surface area contributed by atoms with Gasteiger partial charge < -0.3 is 14.5 Å². The molecule has 1 atom stereocenters. The van der Waals surface area contributed by atoms with Crippen molar-refractivity contribution in [3.8, 4) is 0 Å². The summed E-state index contributed by atoms with van der Waals surface area (Å²) in [5, 5.41) is 1.98. The van der Waals surface area contributed by atoms with Crippen molar-refractivity contribution >= 4 is 63.2 Å². The Morgan fingerprint density at radius 1 is 1.26 bits per heavy atom. The van der Waals surface area contributed by atoms with Crippen molar-refractivity contribution in [3.05, 3.63) is 57.1 Å². The molecule has 2 aliphatic rings. The standard InChI is InChI=1S/C26H31N3O3S3/c1-27(2)20-11-9-19(10-12-20)17-28(18-21-6-4-14-32-21)24(30)8-3-13-29-25(31)23(35-26(29)33)16-22-7-5-15-34-22/h5,7,9-12,15-16,21H,3-4,6,8,13-14,17-18H2,1-2H3/b23-16-. The average molecular weight is 530 g/mol. The van der Waals surface area contributed by atoms with Gasteiger partial charge in [0.25, 0.3) is 5.91 Å². The quantitative estimate of drug-likeness (QED) is 0.319. The van der Waals surface area contributed by atoms with Crippen LogP contribution in [0.1, 0.15) is 36.1 Å². The Labute approximate surface area is 220 Å². The van der Waals surface area contributed by atoms with Gasteiger partial charge in [0, 0.05) is 57.3 Å². The number of thiocarbonyl (C=S) groups is 1. The lowest BCUT2D eigenvalue weighted by molar-refractivity contribution is -0.134. The van der Waals surface area contributed by atoms with E-state index >= 15 is 0 Å². The molecule has 4 rings (SSSR count). The number of nitrogens with zero attached hydrogens (tertiary/aromatic N) is 3. The molecule has 2 amide bonds. The lowest BCUT2D eigenvalue weighted by Gasteiger charge is -2.26. The van der Waals surface area contributed by atoms with Crippen LogP contribution in [0.5, 0.6) is 0 Å². The first-order valence-electron chi connectivity index (χ1n) is 11.9. The molecule has 186 valence electrons. The number of thioether (sulfide) groups is 1. The van der Waals surface area contributed by atoms with Crippen molar-refractivity contribution in [2.24, 2.45) is 0 Å². The van der Waals surface area contributed by atoms with Crippen LogP contribution < -0.4 is 4.90 Å². The third kappa shape index (κ3) is 6.94. The molecule has 0 bridgehead atoms. The zero-order valence-electron chi connectivity index (χ0n) is 20.1. The lowest BCUT2D eigenvalue weighted by Crippen LogP contribution is -2.37. The molecule has 35 heavy (non-hydrogen) atoms. The maximum atomic E-state index is 13.2. The smallest absolute Gasteiger partial charge is 0.266 e. The molecular weight excluding hydrogens is 499 g/mol. The van der Waals surface area contributed by atoms with E-state index in [-0.39, 0.29) is 17.9 Å². The molecule has 6 nitrogen and oxygen atoms in total. The molecule has 0 aliphatic carbocycles. The number of thiophene rings is 1. The fourth-order valence-corrected chi connectivity index (χ4v) is 6.18. The van der Waals surface area contributed by atoms with Gasteiger partial charge in [-0.1, -0.05) is 42.2 Å². The summed E-state index contributed by atoms with van der Waals surface area (Å²) in [5.41, 5.74) is 2.22. The first kappa shape index (κ1) is 25.9. The Bertz CT molecular complexity index is 1060. The number of anilines is 1. The van der Waals surface area contributed by atoms with Gasteiger partial charge in [-0.05, 0) is 54.5 Å². The van der Waals surface area contributed by atoms with Gasteiger partial charge in [-0.2, -0.15) is 0 Å². The van der Waals surface area contributed by atoms with Crippen molar-refractivity contribution in [2.75, 3.05) is 38.7 Å². The highest BCUT2D eigenvalue weighted by Crippen LogP contribution is 2.33. The molecule has 9 heteroatoms. The minimum absolute atomic E-state index is 0.0713. The van der Waals surface area contributed by atoms with Crippen LogP contribution in [0.15, 0.2) is 46.7 Å². The first-order valence-corrected chi connectivity index (χ1v) is 14.0. The van der Waals surface area contributed by atoms with E-state index < -0.39 is 0 Å². The normalized spacial score (nSPS) is 19.1. The van der Waals surface area contributed by atoms with Gasteiger partial charge in [-0.15, -0.1) is 11.3 Å².